The van der Waals surface area contributed by atoms with Crippen molar-refractivity contribution in [3.63, 3.8) is 0 Å². The molecule has 2 aliphatic heterocycles. The Morgan fingerprint density at radius 3 is 2.58 bits per heavy atom. The zero-order valence-corrected chi connectivity index (χ0v) is 14.9. The summed E-state index contributed by atoms with van der Waals surface area (Å²) in [7, 11) is 0. The number of ether oxygens (including phenoxy) is 1. The molecule has 2 aromatic rings. The number of amides is 1. The van der Waals surface area contributed by atoms with E-state index in [9.17, 15) is 9.18 Å². The summed E-state index contributed by atoms with van der Waals surface area (Å²) in [6.45, 7) is 4.71. The first-order valence-corrected chi connectivity index (χ1v) is 9.12. The molecule has 0 aromatic heterocycles. The van der Waals surface area contributed by atoms with Gasteiger partial charge in [0.05, 0.1) is 19.1 Å². The van der Waals surface area contributed by atoms with Crippen LogP contribution in [-0.2, 0) is 17.8 Å². The molecule has 4 rings (SSSR count). The van der Waals surface area contributed by atoms with Crippen LogP contribution in [0.5, 0.6) is 5.75 Å². The summed E-state index contributed by atoms with van der Waals surface area (Å²) in [5.41, 5.74) is 2.69. The van der Waals surface area contributed by atoms with Gasteiger partial charge in [-0.15, -0.1) is 0 Å². The first kappa shape index (κ1) is 17.0. The van der Waals surface area contributed by atoms with E-state index in [-0.39, 0.29) is 29.6 Å². The standard InChI is InChI=1S/C21H23FN2O2/c1-15(23-11-10-16-6-2-3-7-17(16)12-23)21(25)24-13-18(14-24)26-20-9-5-4-8-19(20)22/h2-9,15,18H,10-14H2,1H3/t15-/m1/s1. The maximum atomic E-state index is 13.6. The SMILES string of the molecule is C[C@H](C(=O)N1CC(Oc2ccccc2F)C1)N1CCc2ccccc2C1. The van der Waals surface area contributed by atoms with Crippen molar-refractivity contribution in [3.8, 4) is 5.75 Å². The average molecular weight is 354 g/mol. The topological polar surface area (TPSA) is 32.8 Å². The predicted octanol–water partition coefficient (Wildman–Crippen LogP) is 2.86. The molecule has 1 saturated heterocycles. The molecule has 2 aromatic carbocycles. The van der Waals surface area contributed by atoms with Crippen molar-refractivity contribution in [1.29, 1.82) is 0 Å². The lowest BCUT2D eigenvalue weighted by molar-refractivity contribution is -0.145. The molecule has 1 fully saturated rings. The van der Waals surface area contributed by atoms with Gasteiger partial charge in [0.1, 0.15) is 6.10 Å². The summed E-state index contributed by atoms with van der Waals surface area (Å²) >= 11 is 0. The molecule has 1 atom stereocenters. The van der Waals surface area contributed by atoms with E-state index < -0.39 is 0 Å². The number of halogens is 1. The van der Waals surface area contributed by atoms with Crippen molar-refractivity contribution in [3.05, 3.63) is 65.5 Å². The highest BCUT2D eigenvalue weighted by Gasteiger charge is 2.37. The first-order valence-electron chi connectivity index (χ1n) is 9.12. The number of nitrogens with zero attached hydrogens (tertiary/aromatic N) is 2. The molecule has 0 radical (unpaired) electrons. The highest BCUT2D eigenvalue weighted by molar-refractivity contribution is 5.82. The van der Waals surface area contributed by atoms with Crippen molar-refractivity contribution in [2.45, 2.75) is 32.0 Å². The molecule has 2 aliphatic rings. The highest BCUT2D eigenvalue weighted by Crippen LogP contribution is 2.24. The highest BCUT2D eigenvalue weighted by atomic mass is 19.1. The van der Waals surface area contributed by atoms with E-state index in [2.05, 4.69) is 29.2 Å². The molecule has 136 valence electrons. The molecular formula is C21H23FN2O2. The third-order valence-corrected chi connectivity index (χ3v) is 5.36. The van der Waals surface area contributed by atoms with Crippen molar-refractivity contribution < 1.29 is 13.9 Å². The summed E-state index contributed by atoms with van der Waals surface area (Å²) in [6.07, 6.45) is 0.845. The fraction of sp³-hybridized carbons (Fsp3) is 0.381. The molecule has 0 spiro atoms. The van der Waals surface area contributed by atoms with Crippen molar-refractivity contribution in [2.24, 2.45) is 0 Å². The maximum Gasteiger partial charge on any atom is 0.239 e. The minimum absolute atomic E-state index is 0.123. The second kappa shape index (κ2) is 7.08. The van der Waals surface area contributed by atoms with Crippen molar-refractivity contribution in [1.82, 2.24) is 9.80 Å². The summed E-state index contributed by atoms with van der Waals surface area (Å²) < 4.78 is 19.3. The minimum Gasteiger partial charge on any atom is -0.484 e. The molecule has 0 unspecified atom stereocenters. The number of rotatable bonds is 4. The van der Waals surface area contributed by atoms with Crippen LogP contribution in [0.4, 0.5) is 4.39 Å². The minimum atomic E-state index is -0.363. The Balaban J connectivity index is 1.31. The van der Waals surface area contributed by atoms with Gasteiger partial charge < -0.3 is 9.64 Å². The van der Waals surface area contributed by atoms with Crippen LogP contribution in [-0.4, -0.2) is 47.5 Å². The van der Waals surface area contributed by atoms with Gasteiger partial charge in [0.15, 0.2) is 11.6 Å². The molecule has 0 N–H and O–H groups in total. The van der Waals surface area contributed by atoms with Crippen LogP contribution in [0.3, 0.4) is 0 Å². The number of carbonyl (C=O) groups excluding carboxylic acids is 1. The number of likely N-dealkylation sites (tertiary alicyclic amines) is 1. The Bertz CT molecular complexity index is 804. The first-order chi connectivity index (χ1) is 12.6. The van der Waals surface area contributed by atoms with Gasteiger partial charge in [0.2, 0.25) is 5.91 Å². The smallest absolute Gasteiger partial charge is 0.239 e. The van der Waals surface area contributed by atoms with Gasteiger partial charge in [-0.05, 0) is 36.6 Å². The van der Waals surface area contributed by atoms with Crippen LogP contribution >= 0.6 is 0 Å². The van der Waals surface area contributed by atoms with Gasteiger partial charge >= 0.3 is 0 Å². The summed E-state index contributed by atoms with van der Waals surface area (Å²) in [4.78, 5) is 16.8. The molecular weight excluding hydrogens is 331 g/mol. The molecule has 0 saturated carbocycles. The zero-order valence-electron chi connectivity index (χ0n) is 14.9. The predicted molar refractivity (Wildman–Crippen MR) is 97.4 cm³/mol. The Morgan fingerprint density at radius 1 is 1.12 bits per heavy atom. The second-order valence-electron chi connectivity index (χ2n) is 7.08. The Kier molecular flexibility index (Phi) is 4.64. The number of hydrogen-bond donors (Lipinski definition) is 0. The van der Waals surface area contributed by atoms with E-state index in [0.717, 1.165) is 19.5 Å². The van der Waals surface area contributed by atoms with Gasteiger partial charge in [-0.2, -0.15) is 0 Å². The molecule has 4 nitrogen and oxygen atoms in total. The third-order valence-electron chi connectivity index (χ3n) is 5.36. The van der Waals surface area contributed by atoms with Gasteiger partial charge in [-0.3, -0.25) is 9.69 Å². The normalized spacial score (nSPS) is 18.8. The van der Waals surface area contributed by atoms with Crippen LogP contribution < -0.4 is 4.74 Å². The van der Waals surface area contributed by atoms with E-state index in [0.29, 0.717) is 13.1 Å². The summed E-state index contributed by atoms with van der Waals surface area (Å²) in [5.74, 6) is 0.0145. The Labute approximate surface area is 153 Å². The average Bonchev–Trinajstić information content (AvgIpc) is 2.64. The maximum absolute atomic E-state index is 13.6. The van der Waals surface area contributed by atoms with E-state index in [1.165, 1.54) is 17.2 Å². The fourth-order valence-corrected chi connectivity index (χ4v) is 3.68. The number of benzene rings is 2. The molecule has 26 heavy (non-hydrogen) atoms. The largest absolute Gasteiger partial charge is 0.484 e. The molecule has 0 aliphatic carbocycles. The fourth-order valence-electron chi connectivity index (χ4n) is 3.68. The lowest BCUT2D eigenvalue weighted by Crippen LogP contribution is -2.60. The molecule has 0 bridgehead atoms. The quantitative estimate of drug-likeness (QED) is 0.846. The van der Waals surface area contributed by atoms with E-state index in [1.54, 1.807) is 23.1 Å². The number of para-hydroxylation sites is 1. The molecule has 5 heteroatoms. The van der Waals surface area contributed by atoms with Crippen LogP contribution in [0, 0.1) is 5.82 Å². The molecule has 1 amide bonds. The molecule has 2 heterocycles. The Morgan fingerprint density at radius 2 is 1.81 bits per heavy atom. The van der Waals surface area contributed by atoms with E-state index in [1.807, 2.05) is 6.92 Å². The lowest BCUT2D eigenvalue weighted by atomic mass is 9.98. The van der Waals surface area contributed by atoms with Crippen molar-refractivity contribution >= 4 is 5.91 Å². The third kappa shape index (κ3) is 3.31. The van der Waals surface area contributed by atoms with E-state index >= 15 is 0 Å². The van der Waals surface area contributed by atoms with Gasteiger partial charge in [-0.25, -0.2) is 4.39 Å². The summed E-state index contributed by atoms with van der Waals surface area (Å²) in [5, 5.41) is 0. The number of carbonyl (C=O) groups is 1. The number of hydrogen-bond acceptors (Lipinski definition) is 3. The van der Waals surface area contributed by atoms with Gasteiger partial charge in [0, 0.05) is 13.1 Å². The van der Waals surface area contributed by atoms with Crippen LogP contribution in [0.1, 0.15) is 18.1 Å². The van der Waals surface area contributed by atoms with Crippen LogP contribution in [0.15, 0.2) is 48.5 Å². The number of fused-ring (bicyclic) bond motifs is 1. The zero-order chi connectivity index (χ0) is 18.1. The van der Waals surface area contributed by atoms with E-state index in [4.69, 9.17) is 4.74 Å². The van der Waals surface area contributed by atoms with Gasteiger partial charge in [0.25, 0.3) is 0 Å². The van der Waals surface area contributed by atoms with Crippen LogP contribution in [0.2, 0.25) is 0 Å². The van der Waals surface area contributed by atoms with Crippen LogP contribution in [0.25, 0.3) is 0 Å². The lowest BCUT2D eigenvalue weighted by Gasteiger charge is -2.42. The Hall–Kier alpha value is -2.40. The monoisotopic (exact) mass is 354 g/mol. The second-order valence-corrected chi connectivity index (χ2v) is 7.08. The van der Waals surface area contributed by atoms with Gasteiger partial charge in [-0.1, -0.05) is 36.4 Å². The van der Waals surface area contributed by atoms with Crippen molar-refractivity contribution in [2.75, 3.05) is 19.6 Å². The summed E-state index contributed by atoms with van der Waals surface area (Å²) in [6, 6.07) is 14.7.